The molecule has 0 spiro atoms. The first-order valence-electron chi connectivity index (χ1n) is 5.31. The molecular weight excluding hydrogens is 367 g/mol. The fraction of sp³-hybridized carbons (Fsp3) is 0.364. The van der Waals surface area contributed by atoms with E-state index in [1.54, 1.807) is 6.07 Å². The van der Waals surface area contributed by atoms with E-state index in [1.165, 1.54) is 14.0 Å². The van der Waals surface area contributed by atoms with E-state index >= 15 is 0 Å². The molecule has 0 aromatic heterocycles. The van der Waals surface area contributed by atoms with Crippen LogP contribution in [0.5, 0.6) is 0 Å². The molecule has 0 saturated heterocycles. The molecule has 1 aromatic carbocycles. The zero-order valence-corrected chi connectivity index (χ0v) is 13.1. The van der Waals surface area contributed by atoms with Crippen molar-refractivity contribution in [2.75, 3.05) is 18.1 Å². The molecule has 0 unspecified atom stereocenters. The quantitative estimate of drug-likeness (QED) is 0.755. The van der Waals surface area contributed by atoms with Gasteiger partial charge in [-0.2, -0.15) is 0 Å². The van der Waals surface area contributed by atoms with Gasteiger partial charge in [0, 0.05) is 10.5 Å². The molecule has 18 heavy (non-hydrogen) atoms. The molecule has 0 aliphatic heterocycles. The Morgan fingerprint density at radius 2 is 2.06 bits per heavy atom. The molecule has 2 N–H and O–H groups in total. The topological polar surface area (TPSA) is 75.3 Å². The van der Waals surface area contributed by atoms with Gasteiger partial charge in [-0.25, -0.2) is 13.1 Å². The maximum absolute atomic E-state index is 11.3. The third-order valence-corrected chi connectivity index (χ3v) is 4.57. The van der Waals surface area contributed by atoms with Crippen LogP contribution >= 0.6 is 22.6 Å². The molecule has 0 heterocycles. The Morgan fingerprint density at radius 1 is 1.39 bits per heavy atom. The lowest BCUT2D eigenvalue weighted by molar-refractivity contribution is -0.114. The first kappa shape index (κ1) is 15.4. The fourth-order valence-electron chi connectivity index (χ4n) is 1.36. The van der Waals surface area contributed by atoms with Gasteiger partial charge < -0.3 is 5.32 Å². The Labute approximate surface area is 121 Å². The summed E-state index contributed by atoms with van der Waals surface area (Å²) in [6.45, 7) is 1.45. The van der Waals surface area contributed by atoms with Crippen molar-refractivity contribution in [2.45, 2.75) is 13.3 Å². The monoisotopic (exact) mass is 382 g/mol. The van der Waals surface area contributed by atoms with Gasteiger partial charge in [-0.15, -0.1) is 0 Å². The second-order valence-corrected chi connectivity index (χ2v) is 6.98. The minimum Gasteiger partial charge on any atom is -0.325 e. The van der Waals surface area contributed by atoms with Gasteiger partial charge >= 0.3 is 0 Å². The summed E-state index contributed by atoms with van der Waals surface area (Å²) in [5.74, 6) is -0.0718. The normalized spacial score (nSPS) is 11.3. The number of benzene rings is 1. The van der Waals surface area contributed by atoms with Crippen LogP contribution in [-0.4, -0.2) is 27.1 Å². The van der Waals surface area contributed by atoms with E-state index in [1.807, 2.05) is 12.1 Å². The van der Waals surface area contributed by atoms with Crippen LogP contribution in [0.1, 0.15) is 12.5 Å². The average Bonchev–Trinajstić information content (AvgIpc) is 2.29. The number of sulfonamides is 1. The van der Waals surface area contributed by atoms with Crippen LogP contribution in [0.4, 0.5) is 5.69 Å². The second-order valence-electron chi connectivity index (χ2n) is 3.77. The number of halogens is 1. The van der Waals surface area contributed by atoms with Crippen molar-refractivity contribution < 1.29 is 13.2 Å². The number of carbonyl (C=O) groups is 1. The zero-order valence-electron chi connectivity index (χ0n) is 10.2. The SMILES string of the molecule is CNS(=O)(=O)CCc1ccc(NC(C)=O)c(I)c1. The lowest BCUT2D eigenvalue weighted by Crippen LogP contribution is -2.23. The molecule has 0 aliphatic carbocycles. The van der Waals surface area contributed by atoms with Crippen LogP contribution < -0.4 is 10.0 Å². The van der Waals surface area contributed by atoms with E-state index in [0.717, 1.165) is 14.8 Å². The predicted octanol–water partition coefficient (Wildman–Crippen LogP) is 1.34. The molecule has 5 nitrogen and oxygen atoms in total. The second kappa shape index (κ2) is 6.48. The van der Waals surface area contributed by atoms with Crippen molar-refractivity contribution >= 4 is 44.2 Å². The smallest absolute Gasteiger partial charge is 0.221 e. The summed E-state index contributed by atoms with van der Waals surface area (Å²) >= 11 is 2.11. The van der Waals surface area contributed by atoms with Gasteiger partial charge in [0.1, 0.15) is 0 Å². The highest BCUT2D eigenvalue weighted by atomic mass is 127. The summed E-state index contributed by atoms with van der Waals surface area (Å²) in [5, 5.41) is 2.71. The molecule has 1 rings (SSSR count). The van der Waals surface area contributed by atoms with Gasteiger partial charge in [-0.1, -0.05) is 6.07 Å². The van der Waals surface area contributed by atoms with Crippen LogP contribution in [0.2, 0.25) is 0 Å². The highest BCUT2D eigenvalue weighted by Crippen LogP contribution is 2.20. The fourth-order valence-corrected chi connectivity index (χ4v) is 2.78. The van der Waals surface area contributed by atoms with Crippen molar-refractivity contribution in [3.8, 4) is 0 Å². The van der Waals surface area contributed by atoms with Crippen molar-refractivity contribution in [1.29, 1.82) is 0 Å². The Kier molecular flexibility index (Phi) is 5.54. The van der Waals surface area contributed by atoms with E-state index in [-0.39, 0.29) is 11.7 Å². The van der Waals surface area contributed by atoms with E-state index in [2.05, 4.69) is 32.6 Å². The molecular formula is C11H15IN2O3S. The predicted molar refractivity (Wildman–Crippen MR) is 80.0 cm³/mol. The molecule has 1 amide bonds. The summed E-state index contributed by atoms with van der Waals surface area (Å²) in [4.78, 5) is 10.9. The molecule has 1 aromatic rings. The lowest BCUT2D eigenvalue weighted by Gasteiger charge is -2.08. The Morgan fingerprint density at radius 3 is 2.56 bits per heavy atom. The Bertz CT molecular complexity index is 543. The van der Waals surface area contributed by atoms with Crippen LogP contribution in [-0.2, 0) is 21.2 Å². The number of carbonyl (C=O) groups excluding carboxylic acids is 1. The number of nitrogens with one attached hydrogen (secondary N) is 2. The van der Waals surface area contributed by atoms with Gasteiger partial charge in [0.2, 0.25) is 15.9 Å². The van der Waals surface area contributed by atoms with Crippen molar-refractivity contribution in [3.05, 3.63) is 27.3 Å². The first-order chi connectivity index (χ1) is 8.34. The summed E-state index contributed by atoms with van der Waals surface area (Å²) in [7, 11) is -1.78. The molecule has 0 fully saturated rings. The number of amides is 1. The van der Waals surface area contributed by atoms with Crippen LogP contribution in [0, 0.1) is 3.57 Å². The maximum atomic E-state index is 11.3. The number of rotatable bonds is 5. The zero-order chi connectivity index (χ0) is 13.8. The highest BCUT2D eigenvalue weighted by Gasteiger charge is 2.08. The van der Waals surface area contributed by atoms with E-state index in [0.29, 0.717) is 6.42 Å². The van der Waals surface area contributed by atoms with E-state index < -0.39 is 10.0 Å². The maximum Gasteiger partial charge on any atom is 0.221 e. The summed E-state index contributed by atoms with van der Waals surface area (Å²) in [6, 6.07) is 5.47. The molecule has 0 atom stereocenters. The number of anilines is 1. The molecule has 0 aliphatic rings. The lowest BCUT2D eigenvalue weighted by atomic mass is 10.1. The molecule has 0 radical (unpaired) electrons. The van der Waals surface area contributed by atoms with Gasteiger partial charge in [0.05, 0.1) is 11.4 Å². The summed E-state index contributed by atoms with van der Waals surface area (Å²) in [6.07, 6.45) is 0.444. The minimum absolute atomic E-state index is 0.0546. The third kappa shape index (κ3) is 4.91. The van der Waals surface area contributed by atoms with Crippen molar-refractivity contribution in [3.63, 3.8) is 0 Å². The van der Waals surface area contributed by atoms with Crippen LogP contribution in [0.3, 0.4) is 0 Å². The van der Waals surface area contributed by atoms with Gasteiger partial charge in [0.15, 0.2) is 0 Å². The van der Waals surface area contributed by atoms with Crippen LogP contribution in [0.25, 0.3) is 0 Å². The number of hydrogen-bond donors (Lipinski definition) is 2. The third-order valence-electron chi connectivity index (χ3n) is 2.31. The molecule has 0 saturated carbocycles. The molecule has 0 bridgehead atoms. The first-order valence-corrected chi connectivity index (χ1v) is 8.04. The average molecular weight is 382 g/mol. The molecule has 7 heteroatoms. The Balaban J connectivity index is 2.76. The summed E-state index contributed by atoms with van der Waals surface area (Å²) < 4.78 is 25.8. The van der Waals surface area contributed by atoms with Crippen molar-refractivity contribution in [1.82, 2.24) is 4.72 Å². The van der Waals surface area contributed by atoms with Gasteiger partial charge in [-0.05, 0) is 53.8 Å². The largest absolute Gasteiger partial charge is 0.325 e. The van der Waals surface area contributed by atoms with Gasteiger partial charge in [-0.3, -0.25) is 4.79 Å². The summed E-state index contributed by atoms with van der Waals surface area (Å²) in [5.41, 5.74) is 1.66. The Hall–Kier alpha value is -0.670. The number of hydrogen-bond acceptors (Lipinski definition) is 3. The van der Waals surface area contributed by atoms with E-state index in [4.69, 9.17) is 0 Å². The standard InChI is InChI=1S/C11H15IN2O3S/c1-8(15)14-11-4-3-9(7-10(11)12)5-6-18(16,17)13-2/h3-4,7,13H,5-6H2,1-2H3,(H,14,15). The molecule has 100 valence electrons. The van der Waals surface area contributed by atoms with Crippen molar-refractivity contribution in [2.24, 2.45) is 0 Å². The highest BCUT2D eigenvalue weighted by molar-refractivity contribution is 14.1. The van der Waals surface area contributed by atoms with E-state index in [9.17, 15) is 13.2 Å². The van der Waals surface area contributed by atoms with Crippen LogP contribution in [0.15, 0.2) is 18.2 Å². The number of aryl methyl sites for hydroxylation is 1. The minimum atomic E-state index is -3.18. The van der Waals surface area contributed by atoms with Gasteiger partial charge in [0.25, 0.3) is 0 Å².